The number of phenolic OH excluding ortho intramolecular Hbond substituents is 1. The van der Waals surface area contributed by atoms with Crippen molar-refractivity contribution in [2.75, 3.05) is 13.1 Å². The van der Waals surface area contributed by atoms with Crippen LogP contribution in [0.4, 0.5) is 0 Å². The van der Waals surface area contributed by atoms with Crippen LogP contribution in [0.25, 0.3) is 0 Å². The van der Waals surface area contributed by atoms with Crippen molar-refractivity contribution in [1.29, 1.82) is 0 Å². The van der Waals surface area contributed by atoms with Gasteiger partial charge in [-0.2, -0.15) is 0 Å². The normalized spacial score (nSPS) is 10.7. The average Bonchev–Trinajstić information content (AvgIpc) is 2.31. The molecule has 0 aliphatic carbocycles. The molecule has 0 radical (unpaired) electrons. The van der Waals surface area contributed by atoms with Gasteiger partial charge in [-0.3, -0.25) is 14.5 Å². The van der Waals surface area contributed by atoms with E-state index in [0.717, 1.165) is 0 Å². The highest BCUT2D eigenvalue weighted by Crippen LogP contribution is 2.28. The van der Waals surface area contributed by atoms with Crippen molar-refractivity contribution in [2.24, 2.45) is 5.73 Å². The molecule has 0 aliphatic heterocycles. The predicted octanol–water partition coefficient (Wildman–Crippen LogP) is 1.56. The Morgan fingerprint density at radius 3 is 2.53 bits per heavy atom. The number of Topliss-reactive ketones (excluding diaryl/α,β-unsaturated/α-hetero) is 1. The first-order valence-electron chi connectivity index (χ1n) is 5.88. The molecule has 0 aromatic heterocycles. The largest absolute Gasteiger partial charge is 0.507 e. The Morgan fingerprint density at radius 2 is 2.05 bits per heavy atom. The Morgan fingerprint density at radius 1 is 1.42 bits per heavy atom. The number of halogens is 1. The number of carbonyl (C=O) groups excluding carboxylic acids is 2. The van der Waals surface area contributed by atoms with E-state index in [-0.39, 0.29) is 23.6 Å². The number of nitrogens with zero attached hydrogens (tertiary/aromatic N) is 1. The van der Waals surface area contributed by atoms with Gasteiger partial charge in [0.2, 0.25) is 5.91 Å². The fraction of sp³-hybridized carbons (Fsp3) is 0.385. The molecule has 0 saturated carbocycles. The van der Waals surface area contributed by atoms with E-state index in [0.29, 0.717) is 23.7 Å². The summed E-state index contributed by atoms with van der Waals surface area (Å²) in [5, 5.41) is 10.4. The number of hydrogen-bond donors (Lipinski definition) is 2. The number of rotatable bonds is 6. The summed E-state index contributed by atoms with van der Waals surface area (Å²) < 4.78 is 0. The molecule has 1 amide bonds. The van der Waals surface area contributed by atoms with Crippen molar-refractivity contribution >= 4 is 23.3 Å². The maximum Gasteiger partial charge on any atom is 0.231 e. The van der Waals surface area contributed by atoms with Crippen LogP contribution in [-0.2, 0) is 11.3 Å². The first-order chi connectivity index (χ1) is 8.85. The summed E-state index contributed by atoms with van der Waals surface area (Å²) in [5.41, 5.74) is 5.82. The van der Waals surface area contributed by atoms with Crippen LogP contribution in [0, 0.1) is 0 Å². The lowest BCUT2D eigenvalue weighted by Crippen LogP contribution is -2.33. The van der Waals surface area contributed by atoms with Crippen molar-refractivity contribution in [3.8, 4) is 5.75 Å². The van der Waals surface area contributed by atoms with E-state index in [2.05, 4.69) is 0 Å². The zero-order valence-electron chi connectivity index (χ0n) is 10.9. The SMILES string of the molecule is CCN(CC(N)=O)Cc1cc(Cl)cc(C(C)=O)c1O. The fourth-order valence-corrected chi connectivity index (χ4v) is 2.03. The molecule has 104 valence electrons. The smallest absolute Gasteiger partial charge is 0.231 e. The van der Waals surface area contributed by atoms with Crippen LogP contribution in [0.3, 0.4) is 0 Å². The molecule has 6 heteroatoms. The van der Waals surface area contributed by atoms with Gasteiger partial charge in [0.1, 0.15) is 5.75 Å². The summed E-state index contributed by atoms with van der Waals surface area (Å²) in [7, 11) is 0. The second kappa shape index (κ2) is 6.54. The van der Waals surface area contributed by atoms with Gasteiger partial charge in [0, 0.05) is 17.1 Å². The maximum absolute atomic E-state index is 11.4. The number of benzene rings is 1. The van der Waals surface area contributed by atoms with Gasteiger partial charge < -0.3 is 10.8 Å². The van der Waals surface area contributed by atoms with Crippen LogP contribution in [0.2, 0.25) is 5.02 Å². The minimum atomic E-state index is -0.449. The van der Waals surface area contributed by atoms with Crippen molar-refractivity contribution in [1.82, 2.24) is 4.90 Å². The molecule has 0 spiro atoms. The molecule has 1 aromatic rings. The minimum absolute atomic E-state index is 0.0812. The highest BCUT2D eigenvalue weighted by atomic mass is 35.5. The molecule has 3 N–H and O–H groups in total. The summed E-state index contributed by atoms with van der Waals surface area (Å²) in [6.45, 7) is 4.20. The third-order valence-corrected chi connectivity index (χ3v) is 2.97. The number of ketones is 1. The number of primary amides is 1. The minimum Gasteiger partial charge on any atom is -0.507 e. The van der Waals surface area contributed by atoms with Crippen LogP contribution in [-0.4, -0.2) is 34.8 Å². The molecule has 0 aliphatic rings. The summed E-state index contributed by atoms with van der Waals surface area (Å²) >= 11 is 5.92. The Bertz CT molecular complexity index is 503. The van der Waals surface area contributed by atoms with E-state index in [1.807, 2.05) is 6.92 Å². The lowest BCUT2D eigenvalue weighted by Gasteiger charge is -2.20. The number of aromatic hydroxyl groups is 1. The van der Waals surface area contributed by atoms with Crippen LogP contribution in [0.1, 0.15) is 29.8 Å². The van der Waals surface area contributed by atoms with E-state index in [1.165, 1.54) is 13.0 Å². The molecule has 0 fully saturated rings. The number of nitrogens with two attached hydrogens (primary N) is 1. The summed E-state index contributed by atoms with van der Waals surface area (Å²) in [4.78, 5) is 24.1. The third-order valence-electron chi connectivity index (χ3n) is 2.75. The third kappa shape index (κ3) is 4.22. The number of likely N-dealkylation sites (N-methyl/N-ethyl adjacent to an activating group) is 1. The van der Waals surface area contributed by atoms with Gasteiger partial charge in [-0.15, -0.1) is 0 Å². The van der Waals surface area contributed by atoms with Gasteiger partial charge in [-0.25, -0.2) is 0 Å². The lowest BCUT2D eigenvalue weighted by atomic mass is 10.1. The molecule has 1 rings (SSSR count). The van der Waals surface area contributed by atoms with E-state index < -0.39 is 5.91 Å². The first-order valence-corrected chi connectivity index (χ1v) is 6.26. The number of hydrogen-bond acceptors (Lipinski definition) is 4. The Balaban J connectivity index is 3.06. The Labute approximate surface area is 117 Å². The molecule has 0 unspecified atom stereocenters. The lowest BCUT2D eigenvalue weighted by molar-refractivity contribution is -0.119. The van der Waals surface area contributed by atoms with Gasteiger partial charge in [0.25, 0.3) is 0 Å². The van der Waals surface area contributed by atoms with Crippen LogP contribution in [0.15, 0.2) is 12.1 Å². The van der Waals surface area contributed by atoms with Gasteiger partial charge in [0.05, 0.1) is 12.1 Å². The zero-order chi connectivity index (χ0) is 14.6. The number of phenols is 1. The van der Waals surface area contributed by atoms with E-state index in [9.17, 15) is 14.7 Å². The van der Waals surface area contributed by atoms with Crippen LogP contribution >= 0.6 is 11.6 Å². The quantitative estimate of drug-likeness (QED) is 0.777. The second-order valence-corrected chi connectivity index (χ2v) is 4.72. The van der Waals surface area contributed by atoms with Crippen LogP contribution in [0.5, 0.6) is 5.75 Å². The Kier molecular flexibility index (Phi) is 5.32. The Hall–Kier alpha value is -1.59. The van der Waals surface area contributed by atoms with E-state index >= 15 is 0 Å². The molecule has 19 heavy (non-hydrogen) atoms. The van der Waals surface area contributed by atoms with Gasteiger partial charge in [0.15, 0.2) is 5.78 Å². The van der Waals surface area contributed by atoms with Crippen molar-refractivity contribution in [3.05, 3.63) is 28.3 Å². The molecular weight excluding hydrogens is 268 g/mol. The molecule has 0 bridgehead atoms. The highest BCUT2D eigenvalue weighted by Gasteiger charge is 2.15. The van der Waals surface area contributed by atoms with Crippen molar-refractivity contribution < 1.29 is 14.7 Å². The molecule has 0 atom stereocenters. The van der Waals surface area contributed by atoms with Crippen LogP contribution < -0.4 is 5.73 Å². The summed E-state index contributed by atoms with van der Waals surface area (Å²) in [5.74, 6) is -0.811. The second-order valence-electron chi connectivity index (χ2n) is 4.29. The predicted molar refractivity (Wildman–Crippen MR) is 73.3 cm³/mol. The molecule has 5 nitrogen and oxygen atoms in total. The van der Waals surface area contributed by atoms with Gasteiger partial charge >= 0.3 is 0 Å². The molecule has 1 aromatic carbocycles. The highest BCUT2D eigenvalue weighted by molar-refractivity contribution is 6.31. The van der Waals surface area contributed by atoms with E-state index in [4.69, 9.17) is 17.3 Å². The standard InChI is InChI=1S/C13H17ClN2O3/c1-3-16(7-12(15)18)6-9-4-10(14)5-11(8(2)17)13(9)19/h4-5,19H,3,6-7H2,1-2H3,(H2,15,18). The number of amides is 1. The first kappa shape index (κ1) is 15.5. The monoisotopic (exact) mass is 284 g/mol. The van der Waals surface area contributed by atoms with Crippen molar-refractivity contribution in [3.63, 3.8) is 0 Å². The number of carbonyl (C=O) groups is 2. The summed E-state index contributed by atoms with van der Waals surface area (Å²) in [6, 6.07) is 3.00. The zero-order valence-corrected chi connectivity index (χ0v) is 11.7. The van der Waals surface area contributed by atoms with Crippen molar-refractivity contribution in [2.45, 2.75) is 20.4 Å². The van der Waals surface area contributed by atoms with Gasteiger partial charge in [-0.1, -0.05) is 18.5 Å². The van der Waals surface area contributed by atoms with Gasteiger partial charge in [-0.05, 0) is 25.6 Å². The molecular formula is C13H17ClN2O3. The maximum atomic E-state index is 11.4. The average molecular weight is 285 g/mol. The summed E-state index contributed by atoms with van der Waals surface area (Å²) in [6.07, 6.45) is 0. The molecule has 0 heterocycles. The topological polar surface area (TPSA) is 83.6 Å². The fourth-order valence-electron chi connectivity index (χ4n) is 1.79. The van der Waals surface area contributed by atoms with E-state index in [1.54, 1.807) is 11.0 Å². The molecule has 0 saturated heterocycles.